The predicted molar refractivity (Wildman–Crippen MR) is 83.9 cm³/mol. The molecule has 2 aromatic rings. The van der Waals surface area contributed by atoms with Gasteiger partial charge in [-0.1, -0.05) is 54.6 Å². The molecule has 0 saturated heterocycles. The molecule has 0 atom stereocenters. The van der Waals surface area contributed by atoms with E-state index in [4.69, 9.17) is 0 Å². The normalized spacial score (nSPS) is 10.8. The lowest BCUT2D eigenvalue weighted by Gasteiger charge is -2.03. The van der Waals surface area contributed by atoms with Gasteiger partial charge < -0.3 is 10.0 Å². The molecule has 2 aromatic carbocycles. The van der Waals surface area contributed by atoms with Crippen LogP contribution in [0.4, 0.5) is 0 Å². The maximum absolute atomic E-state index is 11.8. The Kier molecular flexibility index (Phi) is 5.43. The van der Waals surface area contributed by atoms with Gasteiger partial charge in [0.1, 0.15) is 0 Å². The molecule has 0 spiro atoms. The number of benzene rings is 2. The van der Waals surface area contributed by atoms with Crippen molar-refractivity contribution in [2.75, 3.05) is 6.54 Å². The molecule has 0 heterocycles. The molecule has 0 aromatic heterocycles. The number of carbonyl (C=O) groups is 1. The minimum absolute atomic E-state index is 0.0134. The molecule has 0 radical (unpaired) electrons. The molecule has 0 saturated carbocycles. The van der Waals surface area contributed by atoms with Crippen molar-refractivity contribution in [3.63, 3.8) is 0 Å². The van der Waals surface area contributed by atoms with Gasteiger partial charge in [-0.2, -0.15) is 0 Å². The van der Waals surface area contributed by atoms with E-state index in [-0.39, 0.29) is 12.3 Å². The minimum atomic E-state index is -1.55. The van der Waals surface area contributed by atoms with E-state index in [0.717, 1.165) is 5.56 Å². The molecule has 0 bridgehead atoms. The Bertz CT molecular complexity index is 626. The third-order valence-electron chi connectivity index (χ3n) is 3.02. The zero-order chi connectivity index (χ0) is 15.1. The second-order valence-corrected chi connectivity index (χ2v) is 4.67. The van der Waals surface area contributed by atoms with Gasteiger partial charge in [0.25, 0.3) is 0 Å². The first-order chi connectivity index (χ1) is 10.2. The smallest absolute Gasteiger partial charge is 0.423 e. The van der Waals surface area contributed by atoms with Gasteiger partial charge >= 0.3 is 7.12 Å². The van der Waals surface area contributed by atoms with Crippen molar-refractivity contribution in [2.24, 2.45) is 4.99 Å². The number of hydrogen-bond donors (Lipinski definition) is 2. The van der Waals surface area contributed by atoms with Crippen LogP contribution in [0, 0.1) is 0 Å². The Morgan fingerprint density at radius 2 is 1.71 bits per heavy atom. The predicted octanol–water partition coefficient (Wildman–Crippen LogP) is 0.597. The first-order valence-electron chi connectivity index (χ1n) is 6.67. The number of carbonyl (C=O) groups excluding carboxylic acids is 1. The first-order valence-corrected chi connectivity index (χ1v) is 6.67. The van der Waals surface area contributed by atoms with E-state index in [2.05, 4.69) is 4.99 Å². The number of aliphatic imine (C=N–C) groups is 1. The van der Waals surface area contributed by atoms with Crippen molar-refractivity contribution < 1.29 is 14.8 Å². The summed E-state index contributed by atoms with van der Waals surface area (Å²) >= 11 is 0. The SMILES string of the molecule is O=C(CN=Cc1ccccc1B(O)O)Cc1ccccc1. The van der Waals surface area contributed by atoms with E-state index in [1.54, 1.807) is 24.3 Å². The highest BCUT2D eigenvalue weighted by atomic mass is 16.4. The van der Waals surface area contributed by atoms with Crippen molar-refractivity contribution in [1.29, 1.82) is 0 Å². The Labute approximate surface area is 123 Å². The molecular weight excluding hydrogens is 265 g/mol. The van der Waals surface area contributed by atoms with Crippen LogP contribution in [0.2, 0.25) is 0 Å². The molecule has 2 rings (SSSR count). The van der Waals surface area contributed by atoms with Gasteiger partial charge in [-0.3, -0.25) is 9.79 Å². The second-order valence-electron chi connectivity index (χ2n) is 4.67. The van der Waals surface area contributed by atoms with Crippen LogP contribution in [0.25, 0.3) is 0 Å². The van der Waals surface area contributed by atoms with E-state index in [1.165, 1.54) is 6.21 Å². The van der Waals surface area contributed by atoms with E-state index >= 15 is 0 Å². The molecule has 0 amide bonds. The maximum atomic E-state index is 11.8. The number of rotatable bonds is 6. The van der Waals surface area contributed by atoms with Crippen LogP contribution in [0.15, 0.2) is 59.6 Å². The maximum Gasteiger partial charge on any atom is 0.489 e. The van der Waals surface area contributed by atoms with E-state index in [1.807, 2.05) is 30.3 Å². The number of ketones is 1. The second kappa shape index (κ2) is 7.52. The van der Waals surface area contributed by atoms with Gasteiger partial charge in [-0.25, -0.2) is 0 Å². The Hall–Kier alpha value is -2.24. The van der Waals surface area contributed by atoms with Gasteiger partial charge in [-0.15, -0.1) is 0 Å². The molecule has 0 fully saturated rings. The highest BCUT2D eigenvalue weighted by Gasteiger charge is 2.13. The molecule has 0 aliphatic carbocycles. The average Bonchev–Trinajstić information content (AvgIpc) is 2.48. The van der Waals surface area contributed by atoms with Gasteiger partial charge in [0, 0.05) is 12.6 Å². The lowest BCUT2D eigenvalue weighted by Crippen LogP contribution is -2.32. The summed E-state index contributed by atoms with van der Waals surface area (Å²) in [6.07, 6.45) is 1.85. The van der Waals surface area contributed by atoms with E-state index in [9.17, 15) is 14.8 Å². The fourth-order valence-electron chi connectivity index (χ4n) is 1.99. The number of Topliss-reactive ketones (excluding diaryl/α,β-unsaturated/α-hetero) is 1. The van der Waals surface area contributed by atoms with Crippen LogP contribution in [-0.4, -0.2) is 35.7 Å². The van der Waals surface area contributed by atoms with Gasteiger partial charge in [0.05, 0.1) is 6.54 Å². The molecule has 0 unspecified atom stereocenters. The lowest BCUT2D eigenvalue weighted by molar-refractivity contribution is -0.117. The molecule has 0 aliphatic heterocycles. The Morgan fingerprint density at radius 3 is 2.43 bits per heavy atom. The summed E-state index contributed by atoms with van der Waals surface area (Å²) in [5.74, 6) is 0.0134. The topological polar surface area (TPSA) is 69.9 Å². The van der Waals surface area contributed by atoms with Crippen LogP contribution < -0.4 is 5.46 Å². The summed E-state index contributed by atoms with van der Waals surface area (Å²) in [6.45, 7) is 0.0742. The van der Waals surface area contributed by atoms with E-state index < -0.39 is 7.12 Å². The summed E-state index contributed by atoms with van der Waals surface area (Å²) in [5.41, 5.74) is 1.93. The summed E-state index contributed by atoms with van der Waals surface area (Å²) in [7, 11) is -1.55. The lowest BCUT2D eigenvalue weighted by atomic mass is 9.77. The number of nitrogens with zero attached hydrogens (tertiary/aromatic N) is 1. The third kappa shape index (κ3) is 4.66. The quantitative estimate of drug-likeness (QED) is 0.601. The largest absolute Gasteiger partial charge is 0.489 e. The van der Waals surface area contributed by atoms with Crippen molar-refractivity contribution in [1.82, 2.24) is 0 Å². The fourth-order valence-corrected chi connectivity index (χ4v) is 1.99. The Morgan fingerprint density at radius 1 is 1.05 bits per heavy atom. The number of hydrogen-bond acceptors (Lipinski definition) is 4. The summed E-state index contributed by atoms with van der Waals surface area (Å²) in [4.78, 5) is 15.9. The zero-order valence-electron chi connectivity index (χ0n) is 11.5. The van der Waals surface area contributed by atoms with Crippen LogP contribution >= 0.6 is 0 Å². The van der Waals surface area contributed by atoms with Crippen LogP contribution in [0.1, 0.15) is 11.1 Å². The summed E-state index contributed by atoms with van der Waals surface area (Å²) in [6, 6.07) is 16.3. The van der Waals surface area contributed by atoms with Crippen LogP contribution in [-0.2, 0) is 11.2 Å². The van der Waals surface area contributed by atoms with Crippen molar-refractivity contribution in [2.45, 2.75) is 6.42 Å². The monoisotopic (exact) mass is 281 g/mol. The highest BCUT2D eigenvalue weighted by molar-refractivity contribution is 6.60. The molecule has 2 N–H and O–H groups in total. The molecule has 4 nitrogen and oxygen atoms in total. The zero-order valence-corrected chi connectivity index (χ0v) is 11.5. The third-order valence-corrected chi connectivity index (χ3v) is 3.02. The molecule has 5 heteroatoms. The van der Waals surface area contributed by atoms with Crippen molar-refractivity contribution >= 4 is 24.6 Å². The fraction of sp³-hybridized carbons (Fsp3) is 0.125. The summed E-state index contributed by atoms with van der Waals surface area (Å²) in [5, 5.41) is 18.5. The standard InChI is InChI=1S/C16H16BNO3/c19-15(10-13-6-2-1-3-7-13)12-18-11-14-8-4-5-9-16(14)17(20)21/h1-9,11,20-21H,10,12H2. The van der Waals surface area contributed by atoms with Gasteiger partial charge in [0.15, 0.2) is 5.78 Å². The molecule has 21 heavy (non-hydrogen) atoms. The van der Waals surface area contributed by atoms with Crippen molar-refractivity contribution in [3.8, 4) is 0 Å². The molecular formula is C16H16BNO3. The average molecular weight is 281 g/mol. The first kappa shape index (κ1) is 15.2. The molecule has 0 aliphatic rings. The van der Waals surface area contributed by atoms with Crippen molar-refractivity contribution in [3.05, 3.63) is 65.7 Å². The summed E-state index contributed by atoms with van der Waals surface area (Å²) < 4.78 is 0. The van der Waals surface area contributed by atoms with Gasteiger partial charge in [0.2, 0.25) is 0 Å². The van der Waals surface area contributed by atoms with E-state index in [0.29, 0.717) is 17.4 Å². The van der Waals surface area contributed by atoms with Crippen LogP contribution in [0.3, 0.4) is 0 Å². The molecule has 106 valence electrons. The Balaban J connectivity index is 1.95. The van der Waals surface area contributed by atoms with Crippen LogP contribution in [0.5, 0.6) is 0 Å². The van der Waals surface area contributed by atoms with Gasteiger partial charge in [-0.05, 0) is 16.6 Å². The minimum Gasteiger partial charge on any atom is -0.423 e. The highest BCUT2D eigenvalue weighted by Crippen LogP contribution is 2.00.